The fourth-order valence-electron chi connectivity index (χ4n) is 1.89. The molecular formula is C15H23NO4S. The van der Waals surface area contributed by atoms with Crippen LogP contribution in [0.1, 0.15) is 24.6 Å². The van der Waals surface area contributed by atoms with Crippen LogP contribution in [-0.4, -0.2) is 50.2 Å². The van der Waals surface area contributed by atoms with Crippen LogP contribution in [0.5, 0.6) is 0 Å². The Labute approximate surface area is 129 Å². The molecule has 21 heavy (non-hydrogen) atoms. The van der Waals surface area contributed by atoms with Gasteiger partial charge in [0.15, 0.2) is 0 Å². The maximum absolute atomic E-state index is 12.3. The van der Waals surface area contributed by atoms with E-state index in [0.29, 0.717) is 32.7 Å². The number of nitrogens with zero attached hydrogens (tertiary/aromatic N) is 1. The van der Waals surface area contributed by atoms with Gasteiger partial charge in [0.25, 0.3) is 0 Å². The summed E-state index contributed by atoms with van der Waals surface area (Å²) < 4.78 is 9.92. The minimum absolute atomic E-state index is 0.0397. The van der Waals surface area contributed by atoms with Crippen LogP contribution >= 0.6 is 11.3 Å². The third-order valence-corrected chi connectivity index (χ3v) is 3.80. The molecular weight excluding hydrogens is 290 g/mol. The van der Waals surface area contributed by atoms with E-state index in [0.717, 1.165) is 11.3 Å². The van der Waals surface area contributed by atoms with Gasteiger partial charge in [0.1, 0.15) is 0 Å². The lowest BCUT2D eigenvalue weighted by Gasteiger charge is -2.22. The second-order valence-corrected chi connectivity index (χ2v) is 5.57. The van der Waals surface area contributed by atoms with Crippen molar-refractivity contribution in [1.82, 2.24) is 4.90 Å². The molecule has 0 N–H and O–H groups in total. The maximum atomic E-state index is 12.3. The molecule has 0 saturated heterocycles. The Morgan fingerprint density at radius 3 is 2.76 bits per heavy atom. The summed E-state index contributed by atoms with van der Waals surface area (Å²) in [6, 6.07) is 3.88. The number of hydrogen-bond acceptors (Lipinski definition) is 5. The molecule has 0 aliphatic rings. The van der Waals surface area contributed by atoms with Crippen molar-refractivity contribution in [3.05, 3.63) is 22.4 Å². The topological polar surface area (TPSA) is 55.8 Å². The summed E-state index contributed by atoms with van der Waals surface area (Å²) in [6.45, 7) is 3.73. The van der Waals surface area contributed by atoms with Gasteiger partial charge in [0, 0.05) is 31.7 Å². The Morgan fingerprint density at radius 1 is 1.33 bits per heavy atom. The fourth-order valence-corrected chi connectivity index (χ4v) is 2.59. The normalized spacial score (nSPS) is 10.4. The van der Waals surface area contributed by atoms with Crippen LogP contribution < -0.4 is 0 Å². The average molecular weight is 313 g/mol. The van der Waals surface area contributed by atoms with E-state index in [1.807, 2.05) is 17.5 Å². The molecule has 0 aliphatic heterocycles. The monoisotopic (exact) mass is 313 g/mol. The lowest BCUT2D eigenvalue weighted by molar-refractivity contribution is -0.144. The Bertz CT molecular complexity index is 419. The van der Waals surface area contributed by atoms with Gasteiger partial charge in [-0.15, -0.1) is 11.3 Å². The van der Waals surface area contributed by atoms with Crippen molar-refractivity contribution in [3.63, 3.8) is 0 Å². The third kappa shape index (κ3) is 7.24. The van der Waals surface area contributed by atoms with Gasteiger partial charge >= 0.3 is 5.97 Å². The molecule has 0 atom stereocenters. The van der Waals surface area contributed by atoms with Crippen molar-refractivity contribution in [2.75, 3.05) is 33.4 Å². The fraction of sp³-hybridized carbons (Fsp3) is 0.600. The molecule has 1 amide bonds. The Balaban J connectivity index is 2.49. The maximum Gasteiger partial charge on any atom is 0.307 e. The summed E-state index contributed by atoms with van der Waals surface area (Å²) in [5, 5.41) is 1.95. The zero-order chi connectivity index (χ0) is 15.5. The molecule has 5 nitrogen and oxygen atoms in total. The summed E-state index contributed by atoms with van der Waals surface area (Å²) in [5.74, 6) is -0.226. The highest BCUT2D eigenvalue weighted by Gasteiger charge is 2.16. The van der Waals surface area contributed by atoms with Gasteiger partial charge < -0.3 is 14.4 Å². The second-order valence-electron chi connectivity index (χ2n) is 4.54. The molecule has 118 valence electrons. The van der Waals surface area contributed by atoms with E-state index in [9.17, 15) is 9.59 Å². The number of amides is 1. The van der Waals surface area contributed by atoms with Crippen molar-refractivity contribution in [2.24, 2.45) is 0 Å². The zero-order valence-corrected chi connectivity index (χ0v) is 13.5. The van der Waals surface area contributed by atoms with E-state index in [1.165, 1.54) is 0 Å². The van der Waals surface area contributed by atoms with E-state index >= 15 is 0 Å². The first-order chi connectivity index (χ1) is 10.2. The van der Waals surface area contributed by atoms with E-state index in [-0.39, 0.29) is 18.3 Å². The molecule has 6 heteroatoms. The quantitative estimate of drug-likeness (QED) is 0.490. The first-order valence-electron chi connectivity index (χ1n) is 7.12. The van der Waals surface area contributed by atoms with Crippen LogP contribution in [0.15, 0.2) is 17.5 Å². The van der Waals surface area contributed by atoms with Crippen LogP contribution in [-0.2, 0) is 25.5 Å². The summed E-state index contributed by atoms with van der Waals surface area (Å²) >= 11 is 1.57. The SMILES string of the molecule is CCOC(=O)CCN(CCCOC)C(=O)Cc1cccs1. The van der Waals surface area contributed by atoms with Gasteiger partial charge in [-0.05, 0) is 24.8 Å². The summed E-state index contributed by atoms with van der Waals surface area (Å²) in [7, 11) is 1.64. The Kier molecular flexibility index (Phi) is 8.69. The van der Waals surface area contributed by atoms with Crippen molar-refractivity contribution in [2.45, 2.75) is 26.2 Å². The van der Waals surface area contributed by atoms with E-state index in [2.05, 4.69) is 0 Å². The van der Waals surface area contributed by atoms with Crippen molar-refractivity contribution >= 4 is 23.2 Å². The highest BCUT2D eigenvalue weighted by molar-refractivity contribution is 7.10. The van der Waals surface area contributed by atoms with Gasteiger partial charge in [0.05, 0.1) is 19.4 Å². The molecule has 1 aromatic rings. The standard InChI is InChI=1S/C15H23NO4S/c1-3-20-15(18)7-9-16(8-5-10-19-2)14(17)12-13-6-4-11-21-13/h4,6,11H,3,5,7-10,12H2,1-2H3. The molecule has 0 aliphatic carbocycles. The summed E-state index contributed by atoms with van der Waals surface area (Å²) in [4.78, 5) is 26.5. The molecule has 0 unspecified atom stereocenters. The molecule has 0 bridgehead atoms. The molecule has 1 heterocycles. The Hall–Kier alpha value is -1.40. The van der Waals surface area contributed by atoms with Crippen molar-refractivity contribution in [1.29, 1.82) is 0 Å². The highest BCUT2D eigenvalue weighted by Crippen LogP contribution is 2.11. The zero-order valence-electron chi connectivity index (χ0n) is 12.7. The Morgan fingerprint density at radius 2 is 2.14 bits per heavy atom. The average Bonchev–Trinajstić information content (AvgIpc) is 2.95. The smallest absolute Gasteiger partial charge is 0.307 e. The first-order valence-corrected chi connectivity index (χ1v) is 8.00. The van der Waals surface area contributed by atoms with Crippen LogP contribution in [0, 0.1) is 0 Å². The second kappa shape index (κ2) is 10.3. The minimum Gasteiger partial charge on any atom is -0.466 e. The number of carbonyl (C=O) groups excluding carboxylic acids is 2. The number of rotatable bonds is 10. The number of methoxy groups -OCH3 is 1. The van der Waals surface area contributed by atoms with E-state index in [4.69, 9.17) is 9.47 Å². The van der Waals surface area contributed by atoms with Crippen molar-refractivity contribution < 1.29 is 19.1 Å². The molecule has 0 radical (unpaired) electrons. The molecule has 0 spiro atoms. The lowest BCUT2D eigenvalue weighted by Crippen LogP contribution is -2.35. The minimum atomic E-state index is -0.266. The predicted molar refractivity (Wildman–Crippen MR) is 82.3 cm³/mol. The molecule has 0 aromatic carbocycles. The summed E-state index contributed by atoms with van der Waals surface area (Å²) in [5.41, 5.74) is 0. The van der Waals surface area contributed by atoms with Crippen LogP contribution in [0.2, 0.25) is 0 Å². The number of ether oxygens (including phenoxy) is 2. The predicted octanol–water partition coefficient (Wildman–Crippen LogP) is 2.11. The van der Waals surface area contributed by atoms with E-state index < -0.39 is 0 Å². The molecule has 1 aromatic heterocycles. The van der Waals surface area contributed by atoms with Gasteiger partial charge in [0.2, 0.25) is 5.91 Å². The van der Waals surface area contributed by atoms with Gasteiger partial charge in [-0.1, -0.05) is 6.07 Å². The number of esters is 1. The highest BCUT2D eigenvalue weighted by atomic mass is 32.1. The van der Waals surface area contributed by atoms with Crippen LogP contribution in [0.25, 0.3) is 0 Å². The summed E-state index contributed by atoms with van der Waals surface area (Å²) in [6.07, 6.45) is 1.37. The number of hydrogen-bond donors (Lipinski definition) is 0. The molecule has 1 rings (SSSR count). The molecule has 0 fully saturated rings. The first kappa shape index (κ1) is 17.7. The number of carbonyl (C=O) groups is 2. The third-order valence-electron chi connectivity index (χ3n) is 2.93. The van der Waals surface area contributed by atoms with Crippen LogP contribution in [0.4, 0.5) is 0 Å². The number of thiophene rings is 1. The molecule has 0 saturated carbocycles. The van der Waals surface area contributed by atoms with E-state index in [1.54, 1.807) is 30.3 Å². The van der Waals surface area contributed by atoms with Gasteiger partial charge in [-0.25, -0.2) is 0 Å². The lowest BCUT2D eigenvalue weighted by atomic mass is 10.2. The van der Waals surface area contributed by atoms with Crippen LogP contribution in [0.3, 0.4) is 0 Å². The largest absolute Gasteiger partial charge is 0.466 e. The van der Waals surface area contributed by atoms with Crippen molar-refractivity contribution in [3.8, 4) is 0 Å². The van der Waals surface area contributed by atoms with Gasteiger partial charge in [-0.3, -0.25) is 9.59 Å². The van der Waals surface area contributed by atoms with Gasteiger partial charge in [-0.2, -0.15) is 0 Å².